The molecule has 0 heterocycles. The first-order valence-corrected chi connectivity index (χ1v) is 10.1. The number of alkyl halides is 1. The van der Waals surface area contributed by atoms with Gasteiger partial charge in [-0.15, -0.1) is 0 Å². The topological polar surface area (TPSA) is 112 Å². The van der Waals surface area contributed by atoms with Gasteiger partial charge in [0.2, 0.25) is 0 Å². The molecule has 3 fully saturated rings. The number of halogens is 1. The third-order valence-electron chi connectivity index (χ3n) is 8.54. The zero-order chi connectivity index (χ0) is 21.6. The Balaban J connectivity index is 1.87. The monoisotopic (exact) mass is 406 g/mol. The van der Waals surface area contributed by atoms with Crippen LogP contribution < -0.4 is 0 Å². The van der Waals surface area contributed by atoms with Crippen LogP contribution in [0.1, 0.15) is 46.5 Å². The molecular formula is C22H27FO6. The molecule has 0 amide bonds. The molecule has 0 spiro atoms. The number of Topliss-reactive ketones (excluding diaryl/α,β-unsaturated/α-hetero) is 2. The van der Waals surface area contributed by atoms with Crippen molar-refractivity contribution in [1.82, 2.24) is 0 Å². The fourth-order valence-electron chi connectivity index (χ4n) is 6.92. The van der Waals surface area contributed by atoms with E-state index in [4.69, 9.17) is 0 Å². The predicted octanol–water partition coefficient (Wildman–Crippen LogP) is 1.22. The Morgan fingerprint density at radius 3 is 2.55 bits per heavy atom. The summed E-state index contributed by atoms with van der Waals surface area (Å²) in [5.74, 6) is -2.86. The molecule has 3 saturated carbocycles. The first-order valence-electron chi connectivity index (χ1n) is 10.1. The van der Waals surface area contributed by atoms with Gasteiger partial charge in [0.05, 0.1) is 11.5 Å². The number of rotatable bonds is 2. The Hall–Kier alpha value is -1.70. The van der Waals surface area contributed by atoms with E-state index in [9.17, 15) is 29.7 Å². The minimum absolute atomic E-state index is 0.0494. The second-order valence-corrected chi connectivity index (χ2v) is 9.68. The van der Waals surface area contributed by atoms with E-state index >= 15 is 4.39 Å². The molecule has 0 aromatic heterocycles. The van der Waals surface area contributed by atoms with Gasteiger partial charge in [-0.05, 0) is 50.7 Å². The maximum absolute atomic E-state index is 16.9. The van der Waals surface area contributed by atoms with Gasteiger partial charge in [0.1, 0.15) is 12.2 Å². The molecule has 158 valence electrons. The van der Waals surface area contributed by atoms with Crippen LogP contribution in [0.25, 0.3) is 0 Å². The van der Waals surface area contributed by atoms with Crippen LogP contribution in [0.5, 0.6) is 0 Å². The van der Waals surface area contributed by atoms with E-state index in [1.807, 2.05) is 0 Å². The molecule has 7 heteroatoms. The highest BCUT2D eigenvalue weighted by molar-refractivity contribution is 6.13. The van der Waals surface area contributed by atoms with Crippen LogP contribution in [0.15, 0.2) is 23.3 Å². The van der Waals surface area contributed by atoms with Crippen molar-refractivity contribution in [3.63, 3.8) is 0 Å². The van der Waals surface area contributed by atoms with Crippen LogP contribution >= 0.6 is 0 Å². The van der Waals surface area contributed by atoms with Gasteiger partial charge in [-0.25, -0.2) is 4.39 Å². The lowest BCUT2D eigenvalue weighted by atomic mass is 9.44. The summed E-state index contributed by atoms with van der Waals surface area (Å²) in [5, 5.41) is 31.6. The SMILES string of the molecule is CC1=C[C@@]2(C)C(=CC1=O)C(=O)C[C@H]1[C@@H]3CC[C@](O)(C(=O)CO)[C@@]3(C)C[C@H](O)[C@@]12F. The molecule has 0 bridgehead atoms. The van der Waals surface area contributed by atoms with Gasteiger partial charge in [-0.2, -0.15) is 0 Å². The van der Waals surface area contributed by atoms with Crippen LogP contribution in [-0.2, 0) is 14.4 Å². The predicted molar refractivity (Wildman–Crippen MR) is 100 cm³/mol. The second-order valence-electron chi connectivity index (χ2n) is 9.68. The Kier molecular flexibility index (Phi) is 4.20. The molecule has 6 nitrogen and oxygen atoms in total. The summed E-state index contributed by atoms with van der Waals surface area (Å²) >= 11 is 0. The van der Waals surface area contributed by atoms with Gasteiger partial charge in [-0.1, -0.05) is 13.0 Å². The Morgan fingerprint density at radius 1 is 1.28 bits per heavy atom. The highest BCUT2D eigenvalue weighted by Crippen LogP contribution is 2.69. The van der Waals surface area contributed by atoms with Crippen molar-refractivity contribution in [2.45, 2.75) is 63.8 Å². The zero-order valence-corrected chi connectivity index (χ0v) is 16.9. The Labute approximate surface area is 168 Å². The maximum atomic E-state index is 16.9. The number of fused-ring (bicyclic) bond motifs is 5. The molecular weight excluding hydrogens is 379 g/mol. The fourth-order valence-corrected chi connectivity index (χ4v) is 6.92. The van der Waals surface area contributed by atoms with E-state index in [1.165, 1.54) is 12.2 Å². The van der Waals surface area contributed by atoms with Crippen LogP contribution in [0.2, 0.25) is 0 Å². The van der Waals surface area contributed by atoms with Crippen molar-refractivity contribution in [3.8, 4) is 0 Å². The quantitative estimate of drug-likeness (QED) is 0.636. The number of ketones is 3. The van der Waals surface area contributed by atoms with Gasteiger partial charge < -0.3 is 15.3 Å². The lowest BCUT2D eigenvalue weighted by Crippen LogP contribution is -2.70. The second kappa shape index (κ2) is 5.93. The number of hydrogen-bond donors (Lipinski definition) is 3. The summed E-state index contributed by atoms with van der Waals surface area (Å²) in [6.07, 6.45) is 1.09. The van der Waals surface area contributed by atoms with Crippen molar-refractivity contribution < 1.29 is 34.1 Å². The van der Waals surface area contributed by atoms with E-state index in [0.29, 0.717) is 12.0 Å². The third kappa shape index (κ3) is 2.19. The smallest absolute Gasteiger partial charge is 0.190 e. The largest absolute Gasteiger partial charge is 0.390 e. The number of carbonyl (C=O) groups excluding carboxylic acids is 3. The van der Waals surface area contributed by atoms with Crippen LogP contribution in [0.3, 0.4) is 0 Å². The van der Waals surface area contributed by atoms with E-state index in [1.54, 1.807) is 20.8 Å². The van der Waals surface area contributed by atoms with Gasteiger partial charge in [0.25, 0.3) is 0 Å². The van der Waals surface area contributed by atoms with Crippen LogP contribution in [0.4, 0.5) is 4.39 Å². The Morgan fingerprint density at radius 2 is 1.93 bits per heavy atom. The number of carbonyl (C=O) groups is 3. The maximum Gasteiger partial charge on any atom is 0.190 e. The average molecular weight is 406 g/mol. The van der Waals surface area contributed by atoms with Crippen molar-refractivity contribution in [3.05, 3.63) is 23.3 Å². The minimum Gasteiger partial charge on any atom is -0.390 e. The van der Waals surface area contributed by atoms with Gasteiger partial charge in [0.15, 0.2) is 23.0 Å². The summed E-state index contributed by atoms with van der Waals surface area (Å²) in [5.41, 5.74) is -6.31. The standard InChI is InChI=1S/C22H27FO6/c1-11-8-20(3)14(7-15(11)25)16(26)6-13-12-4-5-21(29,18(28)10-24)19(12,2)9-17(27)22(13,20)23/h7-8,12-13,17,24,27,29H,4-6,9-10H2,1-3H3/t12-,13-,17-,19-,20-,21-,22-/m0/s1. The van der Waals surface area contributed by atoms with E-state index in [0.717, 1.165) is 0 Å². The molecule has 0 radical (unpaired) electrons. The summed E-state index contributed by atoms with van der Waals surface area (Å²) in [6.45, 7) is 3.91. The number of aliphatic hydroxyl groups excluding tert-OH is 2. The van der Waals surface area contributed by atoms with Crippen molar-refractivity contribution in [1.29, 1.82) is 0 Å². The average Bonchev–Trinajstić information content (AvgIpc) is 2.91. The third-order valence-corrected chi connectivity index (χ3v) is 8.54. The first-order chi connectivity index (χ1) is 13.4. The fraction of sp³-hybridized carbons (Fsp3) is 0.682. The van der Waals surface area contributed by atoms with Gasteiger partial charge >= 0.3 is 0 Å². The van der Waals surface area contributed by atoms with E-state index < -0.39 is 52.4 Å². The highest BCUT2D eigenvalue weighted by Gasteiger charge is 2.75. The first kappa shape index (κ1) is 20.6. The molecule has 29 heavy (non-hydrogen) atoms. The normalized spacial score (nSPS) is 49.0. The minimum atomic E-state index is -2.22. The van der Waals surface area contributed by atoms with Crippen LogP contribution in [0, 0.1) is 22.7 Å². The molecule has 0 unspecified atom stereocenters. The van der Waals surface area contributed by atoms with Gasteiger partial charge in [0, 0.05) is 23.3 Å². The van der Waals surface area contributed by atoms with E-state index in [-0.39, 0.29) is 36.4 Å². The highest BCUT2D eigenvalue weighted by atomic mass is 19.1. The molecule has 7 atom stereocenters. The molecule has 0 aromatic carbocycles. The number of aliphatic hydroxyl groups is 3. The molecule has 3 N–H and O–H groups in total. The van der Waals surface area contributed by atoms with Crippen molar-refractivity contribution >= 4 is 17.3 Å². The number of hydrogen-bond acceptors (Lipinski definition) is 6. The van der Waals surface area contributed by atoms with Crippen molar-refractivity contribution in [2.24, 2.45) is 22.7 Å². The summed E-state index contributed by atoms with van der Waals surface area (Å²) in [4.78, 5) is 37.5. The van der Waals surface area contributed by atoms with Gasteiger partial charge in [-0.3, -0.25) is 14.4 Å². The lowest BCUT2D eigenvalue weighted by molar-refractivity contribution is -0.216. The summed E-state index contributed by atoms with van der Waals surface area (Å²) in [7, 11) is 0. The summed E-state index contributed by atoms with van der Waals surface area (Å²) in [6, 6.07) is 0. The van der Waals surface area contributed by atoms with Crippen LogP contribution in [-0.4, -0.2) is 56.6 Å². The Bertz CT molecular complexity index is 892. The lowest BCUT2D eigenvalue weighted by Gasteiger charge is -2.62. The zero-order valence-electron chi connectivity index (χ0n) is 16.9. The molecule has 0 aromatic rings. The van der Waals surface area contributed by atoms with E-state index in [2.05, 4.69) is 0 Å². The molecule has 4 aliphatic carbocycles. The molecule has 4 rings (SSSR count). The van der Waals surface area contributed by atoms with Crippen molar-refractivity contribution in [2.75, 3.05) is 6.61 Å². The molecule has 0 aliphatic heterocycles. The number of allylic oxidation sites excluding steroid dienone is 4. The summed E-state index contributed by atoms with van der Waals surface area (Å²) < 4.78 is 16.9. The molecule has 4 aliphatic rings. The molecule has 0 saturated heterocycles.